The van der Waals surface area contributed by atoms with Crippen LogP contribution in [-0.4, -0.2) is 9.97 Å². The third-order valence-electron chi connectivity index (χ3n) is 4.56. The fraction of sp³-hybridized carbons (Fsp3) is 0.143. The van der Waals surface area contributed by atoms with Gasteiger partial charge in [0, 0.05) is 21.7 Å². The molecule has 3 nitrogen and oxygen atoms in total. The highest BCUT2D eigenvalue weighted by Crippen LogP contribution is 2.38. The molecule has 0 bridgehead atoms. The summed E-state index contributed by atoms with van der Waals surface area (Å²) in [6.07, 6.45) is 2.64. The third kappa shape index (κ3) is 3.06. The molecule has 5 heteroatoms. The number of rotatable bonds is 4. The molecule has 0 atom stereocenters. The lowest BCUT2D eigenvalue weighted by Crippen LogP contribution is -1.97. The Balaban J connectivity index is 1.82. The molecule has 0 spiro atoms. The van der Waals surface area contributed by atoms with Gasteiger partial charge in [-0.05, 0) is 42.2 Å². The Morgan fingerprint density at radius 2 is 1.88 bits per heavy atom. The zero-order chi connectivity index (χ0) is 18.1. The van der Waals surface area contributed by atoms with Crippen LogP contribution >= 0.6 is 22.9 Å². The van der Waals surface area contributed by atoms with Crippen LogP contribution in [0.1, 0.15) is 18.1 Å². The molecule has 26 heavy (non-hydrogen) atoms. The van der Waals surface area contributed by atoms with E-state index in [0.29, 0.717) is 0 Å². The van der Waals surface area contributed by atoms with Gasteiger partial charge < -0.3 is 5.32 Å². The summed E-state index contributed by atoms with van der Waals surface area (Å²) in [5.74, 6) is 0.802. The van der Waals surface area contributed by atoms with Crippen molar-refractivity contribution in [3.8, 4) is 11.1 Å². The van der Waals surface area contributed by atoms with Gasteiger partial charge in [-0.2, -0.15) is 0 Å². The van der Waals surface area contributed by atoms with Crippen LogP contribution in [0.3, 0.4) is 0 Å². The van der Waals surface area contributed by atoms with Gasteiger partial charge in [-0.15, -0.1) is 11.3 Å². The van der Waals surface area contributed by atoms with Gasteiger partial charge in [-0.1, -0.05) is 48.9 Å². The summed E-state index contributed by atoms with van der Waals surface area (Å²) in [7, 11) is 0. The van der Waals surface area contributed by atoms with E-state index in [-0.39, 0.29) is 0 Å². The van der Waals surface area contributed by atoms with Gasteiger partial charge in [0.05, 0.1) is 5.39 Å². The predicted molar refractivity (Wildman–Crippen MR) is 112 cm³/mol. The van der Waals surface area contributed by atoms with Crippen molar-refractivity contribution in [3.05, 3.63) is 70.3 Å². The summed E-state index contributed by atoms with van der Waals surface area (Å²) < 4.78 is 0. The van der Waals surface area contributed by atoms with Crippen molar-refractivity contribution in [2.75, 3.05) is 5.32 Å². The Morgan fingerprint density at radius 1 is 1.08 bits per heavy atom. The van der Waals surface area contributed by atoms with Crippen molar-refractivity contribution in [3.63, 3.8) is 0 Å². The Bertz CT molecular complexity index is 1070. The second kappa shape index (κ2) is 7.06. The highest BCUT2D eigenvalue weighted by Gasteiger charge is 2.14. The zero-order valence-electron chi connectivity index (χ0n) is 14.6. The zero-order valence-corrected chi connectivity index (χ0v) is 16.2. The van der Waals surface area contributed by atoms with Crippen LogP contribution in [0.4, 0.5) is 11.5 Å². The monoisotopic (exact) mass is 379 g/mol. The molecule has 0 amide bonds. The van der Waals surface area contributed by atoms with Gasteiger partial charge in [0.1, 0.15) is 17.0 Å². The number of anilines is 2. The molecule has 0 aliphatic rings. The summed E-state index contributed by atoms with van der Waals surface area (Å²) >= 11 is 7.90. The van der Waals surface area contributed by atoms with Gasteiger partial charge in [0.15, 0.2) is 0 Å². The SMILES string of the molecule is CCc1ccc(-c2csc3ncnc(Nc4cccc(Cl)c4C)c23)cc1. The van der Waals surface area contributed by atoms with E-state index in [1.54, 1.807) is 17.7 Å². The number of nitrogens with one attached hydrogen (secondary N) is 1. The number of fused-ring (bicyclic) bond motifs is 1. The second-order valence-electron chi connectivity index (χ2n) is 6.14. The summed E-state index contributed by atoms with van der Waals surface area (Å²) in [4.78, 5) is 9.92. The van der Waals surface area contributed by atoms with E-state index >= 15 is 0 Å². The van der Waals surface area contributed by atoms with Gasteiger partial charge in [0.2, 0.25) is 0 Å². The lowest BCUT2D eigenvalue weighted by Gasteiger charge is -2.12. The van der Waals surface area contributed by atoms with Crippen molar-refractivity contribution < 1.29 is 0 Å². The molecule has 0 aliphatic heterocycles. The average molecular weight is 380 g/mol. The van der Waals surface area contributed by atoms with E-state index in [4.69, 9.17) is 11.6 Å². The smallest absolute Gasteiger partial charge is 0.143 e. The number of hydrogen-bond donors (Lipinski definition) is 1. The molecule has 2 heterocycles. The first-order chi connectivity index (χ1) is 12.7. The Morgan fingerprint density at radius 3 is 2.65 bits per heavy atom. The van der Waals surface area contributed by atoms with E-state index in [0.717, 1.165) is 44.3 Å². The topological polar surface area (TPSA) is 37.8 Å². The highest BCUT2D eigenvalue weighted by atomic mass is 35.5. The van der Waals surface area contributed by atoms with Crippen molar-refractivity contribution in [2.24, 2.45) is 0 Å². The molecule has 2 aromatic carbocycles. The van der Waals surface area contributed by atoms with Crippen molar-refractivity contribution in [1.29, 1.82) is 0 Å². The van der Waals surface area contributed by atoms with Crippen LogP contribution < -0.4 is 5.32 Å². The number of nitrogens with zero attached hydrogens (tertiary/aromatic N) is 2. The molecule has 0 aliphatic carbocycles. The molecule has 2 aromatic heterocycles. The number of hydrogen-bond acceptors (Lipinski definition) is 4. The van der Waals surface area contributed by atoms with Crippen LogP contribution in [-0.2, 0) is 6.42 Å². The van der Waals surface area contributed by atoms with Crippen molar-refractivity contribution in [2.45, 2.75) is 20.3 Å². The second-order valence-corrected chi connectivity index (χ2v) is 7.40. The van der Waals surface area contributed by atoms with E-state index in [1.165, 1.54) is 11.1 Å². The molecule has 4 aromatic rings. The number of aryl methyl sites for hydroxylation is 1. The van der Waals surface area contributed by atoms with Crippen LogP contribution in [0.5, 0.6) is 0 Å². The van der Waals surface area contributed by atoms with Gasteiger partial charge in [0.25, 0.3) is 0 Å². The minimum absolute atomic E-state index is 0.737. The van der Waals surface area contributed by atoms with Gasteiger partial charge >= 0.3 is 0 Å². The van der Waals surface area contributed by atoms with Gasteiger partial charge in [-0.25, -0.2) is 9.97 Å². The summed E-state index contributed by atoms with van der Waals surface area (Å²) in [6, 6.07) is 14.5. The molecule has 0 fully saturated rings. The van der Waals surface area contributed by atoms with Crippen LogP contribution in [0.15, 0.2) is 54.2 Å². The molecule has 0 unspecified atom stereocenters. The van der Waals surface area contributed by atoms with E-state index in [1.807, 2.05) is 25.1 Å². The predicted octanol–water partition coefficient (Wildman–Crippen LogP) is 6.63. The van der Waals surface area contributed by atoms with Crippen molar-refractivity contribution in [1.82, 2.24) is 9.97 Å². The highest BCUT2D eigenvalue weighted by molar-refractivity contribution is 7.17. The Hall–Kier alpha value is -2.43. The molecule has 130 valence electrons. The Kier molecular flexibility index (Phi) is 4.62. The maximum atomic E-state index is 6.26. The van der Waals surface area contributed by atoms with E-state index < -0.39 is 0 Å². The minimum Gasteiger partial charge on any atom is -0.339 e. The standard InChI is InChI=1S/C21H18ClN3S/c1-3-14-7-9-15(10-8-14)16-11-26-21-19(16)20(23-12-24-21)25-18-6-4-5-17(22)13(18)2/h4-12H,3H2,1-2H3,(H,23,24,25). The molecular formula is C21H18ClN3S. The first-order valence-corrected chi connectivity index (χ1v) is 9.76. The van der Waals surface area contributed by atoms with Gasteiger partial charge in [-0.3, -0.25) is 0 Å². The molecule has 0 saturated carbocycles. The number of thiophene rings is 1. The molecular weight excluding hydrogens is 362 g/mol. The van der Waals surface area contributed by atoms with Crippen LogP contribution in [0.25, 0.3) is 21.3 Å². The number of aromatic nitrogens is 2. The average Bonchev–Trinajstić information content (AvgIpc) is 3.11. The number of benzene rings is 2. The maximum absolute atomic E-state index is 6.26. The van der Waals surface area contributed by atoms with Crippen LogP contribution in [0, 0.1) is 6.92 Å². The minimum atomic E-state index is 0.737. The van der Waals surface area contributed by atoms with E-state index in [9.17, 15) is 0 Å². The Labute approximate surface area is 161 Å². The summed E-state index contributed by atoms with van der Waals surface area (Å²) in [5.41, 5.74) is 5.61. The van der Waals surface area contributed by atoms with Crippen LogP contribution in [0.2, 0.25) is 5.02 Å². The summed E-state index contributed by atoms with van der Waals surface area (Å²) in [5, 5.41) is 7.37. The third-order valence-corrected chi connectivity index (χ3v) is 5.86. The summed E-state index contributed by atoms with van der Waals surface area (Å²) in [6.45, 7) is 4.17. The number of halogens is 1. The van der Waals surface area contributed by atoms with E-state index in [2.05, 4.69) is 51.9 Å². The van der Waals surface area contributed by atoms with Crippen molar-refractivity contribution >= 4 is 44.7 Å². The first kappa shape index (κ1) is 17.0. The quantitative estimate of drug-likeness (QED) is 0.432. The molecule has 4 rings (SSSR count). The largest absolute Gasteiger partial charge is 0.339 e. The maximum Gasteiger partial charge on any atom is 0.143 e. The normalized spacial score (nSPS) is 11.0. The first-order valence-electron chi connectivity index (χ1n) is 8.51. The molecule has 1 N–H and O–H groups in total. The molecule has 0 radical (unpaired) electrons. The fourth-order valence-corrected chi connectivity index (χ4v) is 4.06. The molecule has 0 saturated heterocycles. The lowest BCUT2D eigenvalue weighted by molar-refractivity contribution is 1.14. The fourth-order valence-electron chi connectivity index (χ4n) is 2.97. The lowest BCUT2D eigenvalue weighted by atomic mass is 10.0.